The second-order valence-electron chi connectivity index (χ2n) is 4.40. The van der Waals surface area contributed by atoms with Crippen molar-refractivity contribution in [3.05, 3.63) is 76.4 Å². The third-order valence-corrected chi connectivity index (χ3v) is 3.09. The van der Waals surface area contributed by atoms with Crippen LogP contribution in [-0.4, -0.2) is 11.8 Å². The summed E-state index contributed by atoms with van der Waals surface area (Å²) < 4.78 is 0. The second kappa shape index (κ2) is 7.40. The molecule has 2 rings (SSSR count). The lowest BCUT2D eigenvalue weighted by Gasteiger charge is -2.09. The van der Waals surface area contributed by atoms with Crippen LogP contribution in [0.15, 0.2) is 60.3 Å². The fraction of sp³-hybridized carbons (Fsp3) is 0. The first-order chi connectivity index (χ1) is 10.6. The number of nitrogens with one attached hydrogen (secondary N) is 2. The zero-order valence-corrected chi connectivity index (χ0v) is 12.3. The summed E-state index contributed by atoms with van der Waals surface area (Å²) in [6, 6.07) is 15.4. The third-order valence-electron chi connectivity index (χ3n) is 2.84. The van der Waals surface area contributed by atoms with E-state index >= 15 is 0 Å². The van der Waals surface area contributed by atoms with Crippen LogP contribution in [-0.2, 0) is 4.79 Å². The summed E-state index contributed by atoms with van der Waals surface area (Å²) in [6.45, 7) is 0. The van der Waals surface area contributed by atoms with Crippen LogP contribution in [0.4, 0.5) is 0 Å². The molecular formula is C16H14ClN3O2. The lowest BCUT2D eigenvalue weighted by molar-refractivity contribution is -0.117. The molecule has 0 fully saturated rings. The van der Waals surface area contributed by atoms with Gasteiger partial charge in [-0.3, -0.25) is 15.0 Å². The van der Waals surface area contributed by atoms with Crippen LogP contribution in [0.25, 0.3) is 6.08 Å². The monoisotopic (exact) mass is 315 g/mol. The summed E-state index contributed by atoms with van der Waals surface area (Å²) in [4.78, 5) is 23.9. The number of nitrogens with two attached hydrogens (primary N) is 1. The van der Waals surface area contributed by atoms with Gasteiger partial charge in [-0.15, -0.1) is 0 Å². The Morgan fingerprint density at radius 1 is 1.00 bits per heavy atom. The van der Waals surface area contributed by atoms with E-state index < -0.39 is 11.8 Å². The van der Waals surface area contributed by atoms with Gasteiger partial charge < -0.3 is 5.32 Å². The number of hydrazine groups is 1. The molecule has 0 bridgehead atoms. The number of amides is 2. The number of halogens is 1. The van der Waals surface area contributed by atoms with Gasteiger partial charge in [0.1, 0.15) is 5.70 Å². The largest absolute Gasteiger partial charge is 0.317 e. The third kappa shape index (κ3) is 4.18. The molecule has 2 amide bonds. The predicted octanol–water partition coefficient (Wildman–Crippen LogP) is 2.10. The first-order valence-electron chi connectivity index (χ1n) is 6.45. The number of benzene rings is 2. The van der Waals surface area contributed by atoms with E-state index in [0.29, 0.717) is 16.1 Å². The molecule has 0 radical (unpaired) electrons. The van der Waals surface area contributed by atoms with Gasteiger partial charge in [0, 0.05) is 10.6 Å². The minimum absolute atomic E-state index is 0.0404. The van der Waals surface area contributed by atoms with Gasteiger partial charge in [0.05, 0.1) is 0 Å². The first-order valence-corrected chi connectivity index (χ1v) is 6.82. The molecule has 0 atom stereocenters. The summed E-state index contributed by atoms with van der Waals surface area (Å²) in [5.74, 6) is 4.16. The Balaban J connectivity index is 2.25. The highest BCUT2D eigenvalue weighted by atomic mass is 35.5. The number of carbonyl (C=O) groups is 2. The van der Waals surface area contributed by atoms with Gasteiger partial charge in [-0.2, -0.15) is 0 Å². The zero-order valence-electron chi connectivity index (χ0n) is 11.5. The van der Waals surface area contributed by atoms with E-state index in [1.54, 1.807) is 54.6 Å². The summed E-state index contributed by atoms with van der Waals surface area (Å²) >= 11 is 5.81. The molecule has 2 aromatic rings. The fourth-order valence-corrected chi connectivity index (χ4v) is 1.87. The molecule has 22 heavy (non-hydrogen) atoms. The SMILES string of the molecule is NNC(=O)C(=Cc1ccc(Cl)cc1)NC(=O)c1ccccc1. The van der Waals surface area contributed by atoms with Crippen molar-refractivity contribution in [3.63, 3.8) is 0 Å². The lowest BCUT2D eigenvalue weighted by Crippen LogP contribution is -2.38. The maximum atomic E-state index is 12.1. The molecule has 6 heteroatoms. The van der Waals surface area contributed by atoms with Crippen molar-refractivity contribution in [3.8, 4) is 0 Å². The highest BCUT2D eigenvalue weighted by Gasteiger charge is 2.13. The molecule has 0 aromatic heterocycles. The molecule has 4 N–H and O–H groups in total. The molecule has 0 aliphatic carbocycles. The summed E-state index contributed by atoms with van der Waals surface area (Å²) in [7, 11) is 0. The Bertz CT molecular complexity index is 697. The Kier molecular flexibility index (Phi) is 5.30. The van der Waals surface area contributed by atoms with E-state index in [9.17, 15) is 9.59 Å². The van der Waals surface area contributed by atoms with Crippen LogP contribution in [0.3, 0.4) is 0 Å². The molecule has 5 nitrogen and oxygen atoms in total. The summed E-state index contributed by atoms with van der Waals surface area (Å²) in [6.07, 6.45) is 1.51. The number of hydrogen-bond acceptors (Lipinski definition) is 3. The van der Waals surface area contributed by atoms with E-state index in [-0.39, 0.29) is 5.70 Å². The zero-order chi connectivity index (χ0) is 15.9. The summed E-state index contributed by atoms with van der Waals surface area (Å²) in [5.41, 5.74) is 3.19. The van der Waals surface area contributed by atoms with Crippen LogP contribution < -0.4 is 16.6 Å². The Morgan fingerprint density at radius 3 is 2.23 bits per heavy atom. The van der Waals surface area contributed by atoms with Gasteiger partial charge in [0.15, 0.2) is 0 Å². The second-order valence-corrected chi connectivity index (χ2v) is 4.84. The normalized spacial score (nSPS) is 10.9. The van der Waals surface area contributed by atoms with E-state index in [4.69, 9.17) is 17.4 Å². The van der Waals surface area contributed by atoms with E-state index in [1.165, 1.54) is 6.08 Å². The molecule has 2 aromatic carbocycles. The molecule has 0 aliphatic heterocycles. The summed E-state index contributed by atoms with van der Waals surface area (Å²) in [5, 5.41) is 3.12. The topological polar surface area (TPSA) is 84.2 Å². The Morgan fingerprint density at radius 2 is 1.64 bits per heavy atom. The molecular weight excluding hydrogens is 302 g/mol. The molecule has 0 heterocycles. The minimum atomic E-state index is -0.598. The number of rotatable bonds is 4. The average molecular weight is 316 g/mol. The van der Waals surface area contributed by atoms with E-state index in [2.05, 4.69) is 5.32 Å². The Hall–Kier alpha value is -2.63. The van der Waals surface area contributed by atoms with Gasteiger partial charge in [0.25, 0.3) is 11.8 Å². The molecule has 0 saturated heterocycles. The van der Waals surface area contributed by atoms with Crippen LogP contribution in [0.5, 0.6) is 0 Å². The predicted molar refractivity (Wildman–Crippen MR) is 85.7 cm³/mol. The van der Waals surface area contributed by atoms with Gasteiger partial charge >= 0.3 is 0 Å². The van der Waals surface area contributed by atoms with Gasteiger partial charge in [0.2, 0.25) is 0 Å². The van der Waals surface area contributed by atoms with Crippen LogP contribution >= 0.6 is 11.6 Å². The van der Waals surface area contributed by atoms with Crippen LogP contribution in [0.2, 0.25) is 5.02 Å². The molecule has 0 unspecified atom stereocenters. The molecule has 0 aliphatic rings. The van der Waals surface area contributed by atoms with Gasteiger partial charge in [-0.25, -0.2) is 5.84 Å². The average Bonchev–Trinajstić information content (AvgIpc) is 2.56. The van der Waals surface area contributed by atoms with Crippen LogP contribution in [0, 0.1) is 0 Å². The van der Waals surface area contributed by atoms with Crippen molar-refractivity contribution in [2.75, 3.05) is 0 Å². The Labute approximate surface area is 132 Å². The maximum absolute atomic E-state index is 12.1. The first kappa shape index (κ1) is 15.8. The quantitative estimate of drug-likeness (QED) is 0.349. The van der Waals surface area contributed by atoms with E-state index in [0.717, 1.165) is 0 Å². The number of carbonyl (C=O) groups excluding carboxylic acids is 2. The smallest absolute Gasteiger partial charge is 0.281 e. The van der Waals surface area contributed by atoms with Crippen LogP contribution in [0.1, 0.15) is 15.9 Å². The maximum Gasteiger partial charge on any atom is 0.281 e. The molecule has 0 spiro atoms. The van der Waals surface area contributed by atoms with Gasteiger partial charge in [-0.05, 0) is 35.9 Å². The van der Waals surface area contributed by atoms with Crippen molar-refractivity contribution in [1.29, 1.82) is 0 Å². The van der Waals surface area contributed by atoms with Crippen molar-refractivity contribution in [2.24, 2.45) is 5.84 Å². The molecule has 0 saturated carbocycles. The molecule has 112 valence electrons. The highest BCUT2D eigenvalue weighted by molar-refractivity contribution is 6.30. The highest BCUT2D eigenvalue weighted by Crippen LogP contribution is 2.12. The standard InChI is InChI=1S/C16H14ClN3O2/c17-13-8-6-11(7-9-13)10-14(16(22)20-18)19-15(21)12-4-2-1-3-5-12/h1-10H,18H2,(H,19,21)(H,20,22). The fourth-order valence-electron chi connectivity index (χ4n) is 1.75. The van der Waals surface area contributed by atoms with Crippen molar-refractivity contribution < 1.29 is 9.59 Å². The minimum Gasteiger partial charge on any atom is -0.317 e. The van der Waals surface area contributed by atoms with E-state index in [1.807, 2.05) is 5.43 Å². The van der Waals surface area contributed by atoms with Crippen molar-refractivity contribution >= 4 is 29.5 Å². The van der Waals surface area contributed by atoms with Gasteiger partial charge in [-0.1, -0.05) is 41.9 Å². The van der Waals surface area contributed by atoms with Crippen molar-refractivity contribution in [2.45, 2.75) is 0 Å². The van der Waals surface area contributed by atoms with Crippen molar-refractivity contribution in [1.82, 2.24) is 10.7 Å². The lowest BCUT2D eigenvalue weighted by atomic mass is 10.1. The number of hydrogen-bond donors (Lipinski definition) is 3.